The van der Waals surface area contributed by atoms with Crippen molar-refractivity contribution in [2.75, 3.05) is 0 Å². The van der Waals surface area contributed by atoms with E-state index in [0.717, 1.165) is 17.2 Å². The molecule has 0 saturated heterocycles. The van der Waals surface area contributed by atoms with Crippen molar-refractivity contribution in [1.29, 1.82) is 0 Å². The number of unbranched alkanes of at least 4 members (excludes halogenated alkanes) is 6. The molecule has 0 fully saturated rings. The molecule has 4 nitrogen and oxygen atoms in total. The van der Waals surface area contributed by atoms with E-state index < -0.39 is 0 Å². The Bertz CT molecular complexity index is 474. The van der Waals surface area contributed by atoms with E-state index in [1.807, 2.05) is 11.4 Å². The fraction of sp³-hybridized carbons (Fsp3) is 0.769. The summed E-state index contributed by atoms with van der Waals surface area (Å²) < 4.78 is 1.85. The molecule has 0 saturated carbocycles. The van der Waals surface area contributed by atoms with Gasteiger partial charge in [-0.15, -0.1) is 10.2 Å². The van der Waals surface area contributed by atoms with E-state index >= 15 is 0 Å². The van der Waals surface area contributed by atoms with Crippen LogP contribution in [0.4, 0.5) is 0 Å². The minimum Gasteiger partial charge on any atom is -0.188 e. The molecule has 2 aromatic heterocycles. The molecule has 0 N–H and O–H groups in total. The first kappa shape index (κ1) is 13.5. The van der Waals surface area contributed by atoms with Crippen molar-refractivity contribution in [1.82, 2.24) is 19.8 Å². The zero-order chi connectivity index (χ0) is 12.8. The highest BCUT2D eigenvalue weighted by Gasteiger charge is 2.07. The van der Waals surface area contributed by atoms with Crippen LogP contribution >= 0.6 is 11.3 Å². The molecule has 0 aliphatic heterocycles. The van der Waals surface area contributed by atoms with Crippen molar-refractivity contribution in [2.24, 2.45) is 0 Å². The van der Waals surface area contributed by atoms with Gasteiger partial charge in [-0.3, -0.25) is 0 Å². The number of nitrogens with zero attached hydrogens (tertiary/aromatic N) is 4. The van der Waals surface area contributed by atoms with Crippen LogP contribution in [0.3, 0.4) is 0 Å². The largest absolute Gasteiger partial charge is 0.234 e. The van der Waals surface area contributed by atoms with Crippen molar-refractivity contribution < 1.29 is 0 Å². The SMILES string of the molecule is CCCCCCCCCc1nn2c(C)nnc2s1. The van der Waals surface area contributed by atoms with Crippen LogP contribution in [0.1, 0.15) is 62.7 Å². The molecule has 100 valence electrons. The molecule has 2 aromatic rings. The molecule has 0 unspecified atom stereocenters. The third kappa shape index (κ3) is 3.51. The molecule has 0 spiro atoms. The number of rotatable bonds is 8. The molecule has 0 aliphatic carbocycles. The van der Waals surface area contributed by atoms with Crippen LogP contribution in [0.2, 0.25) is 0 Å². The van der Waals surface area contributed by atoms with E-state index in [2.05, 4.69) is 22.2 Å². The number of hydrogen-bond donors (Lipinski definition) is 0. The maximum atomic E-state index is 4.53. The Morgan fingerprint density at radius 3 is 2.44 bits per heavy atom. The van der Waals surface area contributed by atoms with Crippen LogP contribution in [0.15, 0.2) is 0 Å². The molecule has 0 amide bonds. The van der Waals surface area contributed by atoms with Gasteiger partial charge < -0.3 is 0 Å². The highest BCUT2D eigenvalue weighted by atomic mass is 32.1. The minimum absolute atomic E-state index is 0.882. The van der Waals surface area contributed by atoms with Gasteiger partial charge in [0.1, 0.15) is 5.01 Å². The quantitative estimate of drug-likeness (QED) is 0.683. The van der Waals surface area contributed by atoms with Gasteiger partial charge in [0.25, 0.3) is 0 Å². The van der Waals surface area contributed by atoms with Gasteiger partial charge in [0.05, 0.1) is 0 Å². The predicted octanol–water partition coefficient (Wildman–Crippen LogP) is 3.79. The van der Waals surface area contributed by atoms with Crippen LogP contribution in [0.5, 0.6) is 0 Å². The lowest BCUT2D eigenvalue weighted by Gasteiger charge is -1.99. The van der Waals surface area contributed by atoms with E-state index in [1.54, 1.807) is 11.3 Å². The number of aromatic nitrogens is 4. The standard InChI is InChI=1S/C13H22N4S/c1-3-4-5-6-7-8-9-10-12-16-17-11(2)14-15-13(17)18-12/h3-10H2,1-2H3. The molecule has 0 aliphatic rings. The molecular weight excluding hydrogens is 244 g/mol. The fourth-order valence-corrected chi connectivity index (χ4v) is 3.01. The van der Waals surface area contributed by atoms with Crippen molar-refractivity contribution >= 4 is 16.3 Å². The monoisotopic (exact) mass is 266 g/mol. The summed E-state index contributed by atoms with van der Waals surface area (Å²) in [4.78, 5) is 0.922. The van der Waals surface area contributed by atoms with Gasteiger partial charge in [-0.1, -0.05) is 56.8 Å². The normalized spacial score (nSPS) is 11.4. The van der Waals surface area contributed by atoms with Gasteiger partial charge in [0, 0.05) is 6.42 Å². The number of fused-ring (bicyclic) bond motifs is 1. The Morgan fingerprint density at radius 1 is 1.00 bits per heavy atom. The van der Waals surface area contributed by atoms with Crippen LogP contribution < -0.4 is 0 Å². The van der Waals surface area contributed by atoms with Gasteiger partial charge in [-0.05, 0) is 13.3 Å². The Balaban J connectivity index is 1.67. The second-order valence-electron chi connectivity index (χ2n) is 4.81. The van der Waals surface area contributed by atoms with Crippen molar-refractivity contribution in [3.05, 3.63) is 10.8 Å². The van der Waals surface area contributed by atoms with Gasteiger partial charge >= 0.3 is 0 Å². The zero-order valence-electron chi connectivity index (χ0n) is 11.4. The highest BCUT2D eigenvalue weighted by Crippen LogP contribution is 2.16. The fourth-order valence-electron chi connectivity index (χ4n) is 2.09. The molecule has 2 heterocycles. The molecule has 0 radical (unpaired) electrons. The van der Waals surface area contributed by atoms with Gasteiger partial charge in [0.15, 0.2) is 5.82 Å². The lowest BCUT2D eigenvalue weighted by atomic mass is 10.1. The first-order chi connectivity index (χ1) is 8.81. The molecule has 0 bridgehead atoms. The van der Waals surface area contributed by atoms with Crippen LogP contribution in [0, 0.1) is 6.92 Å². The zero-order valence-corrected chi connectivity index (χ0v) is 12.2. The number of hydrogen-bond acceptors (Lipinski definition) is 4. The van der Waals surface area contributed by atoms with Crippen molar-refractivity contribution in [3.8, 4) is 0 Å². The summed E-state index contributed by atoms with van der Waals surface area (Å²) in [6.07, 6.45) is 10.5. The molecule has 18 heavy (non-hydrogen) atoms. The lowest BCUT2D eigenvalue weighted by molar-refractivity contribution is 0.587. The van der Waals surface area contributed by atoms with Crippen LogP contribution in [-0.4, -0.2) is 19.8 Å². The van der Waals surface area contributed by atoms with E-state index in [9.17, 15) is 0 Å². The minimum atomic E-state index is 0.882. The Labute approximate surface area is 112 Å². The van der Waals surface area contributed by atoms with E-state index in [0.29, 0.717) is 0 Å². The second kappa shape index (κ2) is 6.83. The Hall–Kier alpha value is -0.970. The Kier molecular flexibility index (Phi) is 5.11. The summed E-state index contributed by atoms with van der Waals surface area (Å²) in [6, 6.07) is 0. The average Bonchev–Trinajstić information content (AvgIpc) is 2.91. The maximum Gasteiger partial charge on any atom is 0.234 e. The van der Waals surface area contributed by atoms with Crippen LogP contribution in [-0.2, 0) is 6.42 Å². The molecule has 0 aromatic carbocycles. The highest BCUT2D eigenvalue weighted by molar-refractivity contribution is 7.16. The third-order valence-electron chi connectivity index (χ3n) is 3.18. The summed E-state index contributed by atoms with van der Waals surface area (Å²) in [5.74, 6) is 0.882. The second-order valence-corrected chi connectivity index (χ2v) is 5.85. The average molecular weight is 266 g/mol. The van der Waals surface area contributed by atoms with E-state index in [-0.39, 0.29) is 0 Å². The lowest BCUT2D eigenvalue weighted by Crippen LogP contribution is -1.91. The van der Waals surface area contributed by atoms with Gasteiger partial charge in [0.2, 0.25) is 4.96 Å². The maximum absolute atomic E-state index is 4.53. The van der Waals surface area contributed by atoms with Crippen molar-refractivity contribution in [2.45, 2.75) is 65.2 Å². The third-order valence-corrected chi connectivity index (χ3v) is 4.14. The topological polar surface area (TPSA) is 43.1 Å². The summed E-state index contributed by atoms with van der Waals surface area (Å²) in [5, 5.41) is 13.8. The summed E-state index contributed by atoms with van der Waals surface area (Å²) in [7, 11) is 0. The van der Waals surface area contributed by atoms with Crippen LogP contribution in [0.25, 0.3) is 4.96 Å². The molecule has 0 atom stereocenters. The predicted molar refractivity (Wildman–Crippen MR) is 75.1 cm³/mol. The first-order valence-electron chi connectivity index (χ1n) is 6.99. The number of aryl methyl sites for hydroxylation is 2. The van der Waals surface area contributed by atoms with Crippen molar-refractivity contribution in [3.63, 3.8) is 0 Å². The van der Waals surface area contributed by atoms with E-state index in [4.69, 9.17) is 0 Å². The smallest absolute Gasteiger partial charge is 0.188 e. The molecule has 5 heteroatoms. The summed E-state index contributed by atoms with van der Waals surface area (Å²) >= 11 is 1.67. The van der Waals surface area contributed by atoms with E-state index in [1.165, 1.54) is 50.0 Å². The Morgan fingerprint density at radius 2 is 1.72 bits per heavy atom. The molecular formula is C13H22N4S. The van der Waals surface area contributed by atoms with Gasteiger partial charge in [-0.25, -0.2) is 0 Å². The van der Waals surface area contributed by atoms with Gasteiger partial charge in [-0.2, -0.15) is 9.61 Å². The first-order valence-corrected chi connectivity index (χ1v) is 7.80. The summed E-state index contributed by atoms with van der Waals surface area (Å²) in [6.45, 7) is 4.20. The molecule has 2 rings (SSSR count). The summed E-state index contributed by atoms with van der Waals surface area (Å²) in [5.41, 5.74) is 0.